The lowest BCUT2D eigenvalue weighted by molar-refractivity contribution is 0.371. The predicted octanol–water partition coefficient (Wildman–Crippen LogP) is 4.06. The fourth-order valence-electron chi connectivity index (χ4n) is 3.82. The molecular weight excluding hydrogens is 420 g/mol. The number of phenols is 1. The lowest BCUT2D eigenvalue weighted by atomic mass is 10.1. The summed E-state index contributed by atoms with van der Waals surface area (Å²) in [7, 11) is 1.63. The number of aromatic hydroxyl groups is 1. The van der Waals surface area contributed by atoms with Gasteiger partial charge in [-0.05, 0) is 29.8 Å². The Hall–Kier alpha value is -2.42. The van der Waals surface area contributed by atoms with Gasteiger partial charge in [0.1, 0.15) is 0 Å². The van der Waals surface area contributed by atoms with E-state index in [1.54, 1.807) is 46.4 Å². The van der Waals surface area contributed by atoms with Crippen molar-refractivity contribution in [2.75, 3.05) is 38.4 Å². The lowest BCUT2D eigenvalue weighted by Crippen LogP contribution is -2.30. The number of fused-ring (bicyclic) bond motifs is 1. The maximum atomic E-state index is 13.8. The minimum absolute atomic E-state index is 0.0314. The first-order chi connectivity index (χ1) is 14.3. The van der Waals surface area contributed by atoms with Gasteiger partial charge in [0.25, 0.3) is 0 Å². The normalized spacial score (nSPS) is 17.4. The van der Waals surface area contributed by atoms with Crippen molar-refractivity contribution in [2.24, 2.45) is 0 Å². The van der Waals surface area contributed by atoms with Crippen LogP contribution < -0.4 is 9.64 Å². The molecule has 1 heterocycles. The van der Waals surface area contributed by atoms with Gasteiger partial charge in [-0.3, -0.25) is 0 Å². The van der Waals surface area contributed by atoms with E-state index < -0.39 is 10.0 Å². The van der Waals surface area contributed by atoms with Crippen LogP contribution in [0.3, 0.4) is 0 Å². The highest BCUT2D eigenvalue weighted by Crippen LogP contribution is 2.44. The van der Waals surface area contributed by atoms with Gasteiger partial charge in [0, 0.05) is 42.9 Å². The van der Waals surface area contributed by atoms with Gasteiger partial charge in [0.15, 0.2) is 11.5 Å². The second kappa shape index (κ2) is 8.02. The Morgan fingerprint density at radius 2 is 1.83 bits per heavy atom. The van der Waals surface area contributed by atoms with Crippen molar-refractivity contribution in [3.05, 3.63) is 60.2 Å². The Labute approximate surface area is 181 Å². The van der Waals surface area contributed by atoms with Crippen molar-refractivity contribution in [2.45, 2.75) is 10.3 Å². The quantitative estimate of drug-likeness (QED) is 0.640. The number of nitrogens with zero attached hydrogens (tertiary/aromatic N) is 2. The van der Waals surface area contributed by atoms with E-state index in [2.05, 4.69) is 0 Å². The zero-order valence-electron chi connectivity index (χ0n) is 17.1. The number of rotatable bonds is 5. The number of thioether (sulfide) groups is 1. The Morgan fingerprint density at radius 3 is 2.57 bits per heavy atom. The van der Waals surface area contributed by atoms with Gasteiger partial charge in [0.2, 0.25) is 10.0 Å². The average Bonchev–Trinajstić information content (AvgIpc) is 3.24. The van der Waals surface area contributed by atoms with Gasteiger partial charge in [0.05, 0.1) is 17.4 Å². The monoisotopic (exact) mass is 444 g/mol. The summed E-state index contributed by atoms with van der Waals surface area (Å²) in [6.07, 6.45) is 0. The molecule has 3 aromatic carbocycles. The molecule has 1 N–H and O–H groups in total. The SMILES string of the molecule is COc1cc(C2SCCN2S(=O)(=O)c2cccc3c(N(C)C)cccc23)ccc1O. The highest BCUT2D eigenvalue weighted by Gasteiger charge is 2.38. The van der Waals surface area contributed by atoms with Gasteiger partial charge < -0.3 is 14.7 Å². The van der Waals surface area contributed by atoms with E-state index in [4.69, 9.17) is 4.74 Å². The fraction of sp³-hybridized carbons (Fsp3) is 0.273. The van der Waals surface area contributed by atoms with Crippen molar-refractivity contribution in [1.82, 2.24) is 4.31 Å². The molecule has 3 aromatic rings. The van der Waals surface area contributed by atoms with E-state index in [-0.39, 0.29) is 11.1 Å². The van der Waals surface area contributed by atoms with Crippen LogP contribution in [-0.4, -0.2) is 51.3 Å². The molecule has 0 bridgehead atoms. The number of phenolic OH excluding ortho intramolecular Hbond substituents is 1. The Bertz CT molecular complexity index is 1190. The second-order valence-electron chi connectivity index (χ2n) is 7.29. The molecule has 1 unspecified atom stereocenters. The second-order valence-corrected chi connectivity index (χ2v) is 10.3. The molecule has 1 aliphatic heterocycles. The summed E-state index contributed by atoms with van der Waals surface area (Å²) >= 11 is 1.56. The van der Waals surface area contributed by atoms with Crippen LogP contribution in [0, 0.1) is 0 Å². The predicted molar refractivity (Wildman–Crippen MR) is 122 cm³/mol. The molecule has 0 saturated carbocycles. The average molecular weight is 445 g/mol. The number of benzene rings is 3. The summed E-state index contributed by atoms with van der Waals surface area (Å²) in [4.78, 5) is 2.29. The van der Waals surface area contributed by atoms with Crippen LogP contribution in [0.25, 0.3) is 10.8 Å². The largest absolute Gasteiger partial charge is 0.504 e. The summed E-state index contributed by atoms with van der Waals surface area (Å²) in [6, 6.07) is 16.1. The lowest BCUT2D eigenvalue weighted by Gasteiger charge is -2.25. The van der Waals surface area contributed by atoms with Crippen LogP contribution in [0.15, 0.2) is 59.5 Å². The maximum Gasteiger partial charge on any atom is 0.245 e. The van der Waals surface area contributed by atoms with E-state index in [9.17, 15) is 13.5 Å². The molecule has 30 heavy (non-hydrogen) atoms. The summed E-state index contributed by atoms with van der Waals surface area (Å²) in [5, 5.41) is 11.1. The van der Waals surface area contributed by atoms with Crippen LogP contribution in [0.5, 0.6) is 11.5 Å². The van der Waals surface area contributed by atoms with E-state index in [0.29, 0.717) is 28.3 Å². The molecule has 0 radical (unpaired) electrons. The molecule has 0 aromatic heterocycles. The van der Waals surface area contributed by atoms with Gasteiger partial charge in [-0.25, -0.2) is 8.42 Å². The Balaban J connectivity index is 1.81. The summed E-state index contributed by atoms with van der Waals surface area (Å²) < 4.78 is 34.3. The van der Waals surface area contributed by atoms with Crippen molar-refractivity contribution in [1.29, 1.82) is 0 Å². The van der Waals surface area contributed by atoms with Crippen LogP contribution >= 0.6 is 11.8 Å². The third-order valence-electron chi connectivity index (χ3n) is 5.27. The first-order valence-electron chi connectivity index (χ1n) is 9.54. The molecular formula is C22H24N2O4S2. The number of sulfonamides is 1. The molecule has 1 saturated heterocycles. The Kier molecular flexibility index (Phi) is 5.57. The molecule has 4 rings (SSSR count). The van der Waals surface area contributed by atoms with Gasteiger partial charge in [-0.15, -0.1) is 11.8 Å². The van der Waals surface area contributed by atoms with Crippen molar-refractivity contribution >= 4 is 38.2 Å². The van der Waals surface area contributed by atoms with E-state index in [0.717, 1.165) is 16.6 Å². The summed E-state index contributed by atoms with van der Waals surface area (Å²) in [5.74, 6) is 1.06. The third kappa shape index (κ3) is 3.49. The first-order valence-corrected chi connectivity index (χ1v) is 12.0. The van der Waals surface area contributed by atoms with Crippen molar-refractivity contribution in [3.8, 4) is 11.5 Å². The number of methoxy groups -OCH3 is 1. The molecule has 6 nitrogen and oxygen atoms in total. The molecule has 0 amide bonds. The summed E-state index contributed by atoms with van der Waals surface area (Å²) in [6.45, 7) is 0.421. The molecule has 0 aliphatic carbocycles. The van der Waals surface area contributed by atoms with E-state index >= 15 is 0 Å². The standard InChI is InChI=1S/C22H24N2O4S2/c1-23(2)18-8-4-7-17-16(18)6-5-9-21(17)30(26,27)24-12-13-29-22(24)15-10-11-19(25)20(14-15)28-3/h4-11,14,22,25H,12-13H2,1-3H3. The van der Waals surface area contributed by atoms with E-state index in [1.165, 1.54) is 7.11 Å². The highest BCUT2D eigenvalue weighted by atomic mass is 32.2. The number of anilines is 1. The minimum Gasteiger partial charge on any atom is -0.504 e. The molecule has 1 aliphatic rings. The van der Waals surface area contributed by atoms with Crippen molar-refractivity contribution < 1.29 is 18.3 Å². The van der Waals surface area contributed by atoms with Gasteiger partial charge in [-0.2, -0.15) is 4.31 Å². The number of ether oxygens (including phenoxy) is 1. The zero-order chi connectivity index (χ0) is 21.5. The minimum atomic E-state index is -3.74. The van der Waals surface area contributed by atoms with Gasteiger partial charge in [-0.1, -0.05) is 30.3 Å². The maximum absolute atomic E-state index is 13.8. The topological polar surface area (TPSA) is 70.1 Å². The molecule has 0 spiro atoms. The molecule has 8 heteroatoms. The van der Waals surface area contributed by atoms with Crippen molar-refractivity contribution in [3.63, 3.8) is 0 Å². The highest BCUT2D eigenvalue weighted by molar-refractivity contribution is 8.01. The Morgan fingerprint density at radius 1 is 1.10 bits per heavy atom. The first kappa shape index (κ1) is 20.8. The van der Waals surface area contributed by atoms with Crippen LogP contribution in [-0.2, 0) is 10.0 Å². The molecule has 158 valence electrons. The third-order valence-corrected chi connectivity index (χ3v) is 8.58. The number of hydrogen-bond donors (Lipinski definition) is 1. The van der Waals surface area contributed by atoms with Gasteiger partial charge >= 0.3 is 0 Å². The van der Waals surface area contributed by atoms with Crippen LogP contribution in [0.4, 0.5) is 5.69 Å². The molecule has 1 atom stereocenters. The van der Waals surface area contributed by atoms with E-state index in [1.807, 2.05) is 43.3 Å². The van der Waals surface area contributed by atoms with Crippen LogP contribution in [0.1, 0.15) is 10.9 Å². The number of hydrogen-bond acceptors (Lipinski definition) is 6. The van der Waals surface area contributed by atoms with Crippen LogP contribution in [0.2, 0.25) is 0 Å². The zero-order valence-corrected chi connectivity index (χ0v) is 18.7. The molecule has 1 fully saturated rings. The fourth-order valence-corrected chi connectivity index (χ4v) is 7.26. The smallest absolute Gasteiger partial charge is 0.245 e. The summed E-state index contributed by atoms with van der Waals surface area (Å²) in [5.41, 5.74) is 1.75.